The average Bonchev–Trinajstić information content (AvgIpc) is 3.41. The van der Waals surface area contributed by atoms with Gasteiger partial charge in [0.05, 0.1) is 30.4 Å². The number of sulfonamides is 1. The van der Waals surface area contributed by atoms with Gasteiger partial charge < -0.3 is 13.7 Å². The molecule has 0 aliphatic carbocycles. The summed E-state index contributed by atoms with van der Waals surface area (Å²) in [7, 11) is -2.73. The van der Waals surface area contributed by atoms with Crippen LogP contribution in [0.25, 0.3) is 11.6 Å². The Hall–Kier alpha value is -3.66. The number of halogens is 1. The van der Waals surface area contributed by atoms with Gasteiger partial charge in [-0.05, 0) is 42.0 Å². The van der Waals surface area contributed by atoms with Gasteiger partial charge in [-0.2, -0.15) is 4.98 Å². The molecule has 2 aromatic carbocycles. The van der Waals surface area contributed by atoms with Crippen molar-refractivity contribution < 1.29 is 26.5 Å². The summed E-state index contributed by atoms with van der Waals surface area (Å²) in [5.41, 5.74) is 0.913. The lowest BCUT2D eigenvalue weighted by Gasteiger charge is -2.12. The average molecular weight is 429 g/mol. The fraction of sp³-hybridized carbons (Fsp3) is 0.100. The van der Waals surface area contributed by atoms with Gasteiger partial charge in [-0.3, -0.25) is 4.72 Å². The Kier molecular flexibility index (Phi) is 5.23. The molecule has 0 aliphatic rings. The molecule has 0 unspecified atom stereocenters. The van der Waals surface area contributed by atoms with Crippen LogP contribution in [0.4, 0.5) is 10.1 Å². The lowest BCUT2D eigenvalue weighted by atomic mass is 10.1. The third kappa shape index (κ3) is 4.03. The normalized spacial score (nSPS) is 11.4. The number of methoxy groups -OCH3 is 1. The molecule has 154 valence electrons. The molecule has 0 amide bonds. The molecule has 0 spiro atoms. The molecule has 1 N–H and O–H groups in total. The number of hydrogen-bond donors (Lipinski definition) is 1. The zero-order valence-corrected chi connectivity index (χ0v) is 16.5. The highest BCUT2D eigenvalue weighted by atomic mass is 32.2. The number of aromatic nitrogens is 2. The van der Waals surface area contributed by atoms with Crippen LogP contribution in [0.2, 0.25) is 0 Å². The SMILES string of the molecule is COc1ccc(S(=O)(=O)Nc2ccccc2Cc2nc(-c3ccco3)no2)cc1F. The molecule has 2 heterocycles. The topological polar surface area (TPSA) is 107 Å². The summed E-state index contributed by atoms with van der Waals surface area (Å²) < 4.78 is 57.2. The Morgan fingerprint density at radius 2 is 1.97 bits per heavy atom. The molecule has 8 nitrogen and oxygen atoms in total. The van der Waals surface area contributed by atoms with Crippen molar-refractivity contribution in [2.45, 2.75) is 11.3 Å². The van der Waals surface area contributed by atoms with E-state index in [9.17, 15) is 12.8 Å². The maximum atomic E-state index is 14.0. The van der Waals surface area contributed by atoms with Crippen LogP contribution in [0.1, 0.15) is 11.5 Å². The van der Waals surface area contributed by atoms with Crippen molar-refractivity contribution in [3.05, 3.63) is 78.1 Å². The lowest BCUT2D eigenvalue weighted by Crippen LogP contribution is -2.14. The van der Waals surface area contributed by atoms with E-state index in [1.807, 2.05) is 0 Å². The highest BCUT2D eigenvalue weighted by Gasteiger charge is 2.19. The summed E-state index contributed by atoms with van der Waals surface area (Å²) in [5, 5.41) is 3.86. The van der Waals surface area contributed by atoms with Gasteiger partial charge in [0.1, 0.15) is 0 Å². The lowest BCUT2D eigenvalue weighted by molar-refractivity contribution is 0.384. The first-order valence-electron chi connectivity index (χ1n) is 8.77. The molecular formula is C20H16FN3O5S. The fourth-order valence-corrected chi connectivity index (χ4v) is 3.90. The van der Waals surface area contributed by atoms with Crippen molar-refractivity contribution >= 4 is 15.7 Å². The Balaban J connectivity index is 1.58. The molecular weight excluding hydrogens is 413 g/mol. The van der Waals surface area contributed by atoms with Crippen molar-refractivity contribution in [2.75, 3.05) is 11.8 Å². The van der Waals surface area contributed by atoms with Crippen LogP contribution in [0, 0.1) is 5.82 Å². The molecule has 2 aromatic heterocycles. The van der Waals surface area contributed by atoms with E-state index in [-0.39, 0.29) is 23.0 Å². The van der Waals surface area contributed by atoms with Gasteiger partial charge in [0.2, 0.25) is 11.7 Å². The van der Waals surface area contributed by atoms with Crippen molar-refractivity contribution in [3.8, 4) is 17.3 Å². The van der Waals surface area contributed by atoms with Crippen molar-refractivity contribution in [1.29, 1.82) is 0 Å². The van der Waals surface area contributed by atoms with E-state index < -0.39 is 15.8 Å². The second-order valence-corrected chi connectivity index (χ2v) is 7.91. The molecule has 4 rings (SSSR count). The van der Waals surface area contributed by atoms with Crippen LogP contribution >= 0.6 is 0 Å². The largest absolute Gasteiger partial charge is 0.494 e. The zero-order valence-electron chi connectivity index (χ0n) is 15.7. The monoisotopic (exact) mass is 429 g/mol. The number of nitrogens with zero attached hydrogens (tertiary/aromatic N) is 2. The van der Waals surface area contributed by atoms with Crippen LogP contribution in [0.5, 0.6) is 5.75 Å². The molecule has 0 radical (unpaired) electrons. The number of hydrogen-bond acceptors (Lipinski definition) is 7. The number of furan rings is 1. The zero-order chi connectivity index (χ0) is 21.1. The molecule has 10 heteroatoms. The number of nitrogens with one attached hydrogen (secondary N) is 1. The number of benzene rings is 2. The minimum absolute atomic E-state index is 0.0434. The summed E-state index contributed by atoms with van der Waals surface area (Å²) in [6, 6.07) is 13.6. The highest BCUT2D eigenvalue weighted by Crippen LogP contribution is 2.26. The third-order valence-corrected chi connectivity index (χ3v) is 5.61. The Morgan fingerprint density at radius 1 is 1.13 bits per heavy atom. The minimum atomic E-state index is -4.03. The third-order valence-electron chi connectivity index (χ3n) is 4.25. The quantitative estimate of drug-likeness (QED) is 0.475. The molecule has 0 bridgehead atoms. The Labute approximate surface area is 171 Å². The van der Waals surface area contributed by atoms with E-state index in [0.29, 0.717) is 22.8 Å². The van der Waals surface area contributed by atoms with E-state index in [2.05, 4.69) is 14.9 Å². The van der Waals surface area contributed by atoms with Gasteiger partial charge in [0.25, 0.3) is 10.0 Å². The van der Waals surface area contributed by atoms with Gasteiger partial charge >= 0.3 is 0 Å². The van der Waals surface area contributed by atoms with Crippen molar-refractivity contribution in [1.82, 2.24) is 10.1 Å². The molecule has 0 atom stereocenters. The van der Waals surface area contributed by atoms with Crippen LogP contribution in [0.3, 0.4) is 0 Å². The second kappa shape index (κ2) is 7.99. The van der Waals surface area contributed by atoms with Gasteiger partial charge in [0, 0.05) is 0 Å². The summed E-state index contributed by atoms with van der Waals surface area (Å²) >= 11 is 0. The molecule has 0 saturated carbocycles. The van der Waals surface area contributed by atoms with Gasteiger partial charge in [0.15, 0.2) is 17.3 Å². The van der Waals surface area contributed by atoms with E-state index >= 15 is 0 Å². The molecule has 0 fully saturated rings. The van der Waals surface area contributed by atoms with E-state index in [0.717, 1.165) is 6.07 Å². The number of rotatable bonds is 7. The maximum Gasteiger partial charge on any atom is 0.262 e. The fourth-order valence-electron chi connectivity index (χ4n) is 2.79. The first-order chi connectivity index (χ1) is 14.5. The number of anilines is 1. The molecule has 0 aliphatic heterocycles. The van der Waals surface area contributed by atoms with E-state index in [4.69, 9.17) is 13.7 Å². The maximum absolute atomic E-state index is 14.0. The smallest absolute Gasteiger partial charge is 0.262 e. The van der Waals surface area contributed by atoms with Crippen LogP contribution < -0.4 is 9.46 Å². The summed E-state index contributed by atoms with van der Waals surface area (Å²) in [4.78, 5) is 4.03. The Morgan fingerprint density at radius 3 is 2.70 bits per heavy atom. The van der Waals surface area contributed by atoms with Crippen LogP contribution in [-0.2, 0) is 16.4 Å². The summed E-state index contributed by atoms with van der Waals surface area (Å²) in [5.74, 6) is 0.217. The van der Waals surface area contributed by atoms with Crippen LogP contribution in [0.15, 0.2) is 74.7 Å². The summed E-state index contributed by atoms with van der Waals surface area (Å²) in [6.07, 6.45) is 1.68. The van der Waals surface area contributed by atoms with Crippen LogP contribution in [-0.4, -0.2) is 25.7 Å². The minimum Gasteiger partial charge on any atom is -0.494 e. The van der Waals surface area contributed by atoms with Crippen molar-refractivity contribution in [2.24, 2.45) is 0 Å². The standard InChI is InChI=1S/C20H16FN3O5S/c1-27-17-9-8-14(12-15(17)21)30(25,26)24-16-6-3-2-5-13(16)11-19-22-20(23-29-19)18-7-4-10-28-18/h2-10,12,24H,11H2,1H3. The molecule has 30 heavy (non-hydrogen) atoms. The highest BCUT2D eigenvalue weighted by molar-refractivity contribution is 7.92. The number of para-hydroxylation sites is 1. The van der Waals surface area contributed by atoms with Gasteiger partial charge in [-0.1, -0.05) is 23.4 Å². The Bertz CT molecular complexity index is 1270. The first kappa shape index (κ1) is 19.6. The summed E-state index contributed by atoms with van der Waals surface area (Å²) in [6.45, 7) is 0. The second-order valence-electron chi connectivity index (χ2n) is 6.22. The molecule has 0 saturated heterocycles. The van der Waals surface area contributed by atoms with Crippen molar-refractivity contribution in [3.63, 3.8) is 0 Å². The van der Waals surface area contributed by atoms with Gasteiger partial charge in [-0.25, -0.2) is 12.8 Å². The van der Waals surface area contributed by atoms with E-state index in [1.165, 1.54) is 25.5 Å². The number of ether oxygens (including phenoxy) is 1. The predicted molar refractivity (Wildman–Crippen MR) is 105 cm³/mol. The van der Waals surface area contributed by atoms with Gasteiger partial charge in [-0.15, -0.1) is 0 Å². The van der Waals surface area contributed by atoms with E-state index in [1.54, 1.807) is 36.4 Å². The molecule has 4 aromatic rings. The predicted octanol–water partition coefficient (Wildman–Crippen LogP) is 3.87. The first-order valence-corrected chi connectivity index (χ1v) is 10.3.